The van der Waals surface area contributed by atoms with Crippen molar-refractivity contribution in [1.29, 1.82) is 0 Å². The lowest BCUT2D eigenvalue weighted by Crippen LogP contribution is -2.08. The summed E-state index contributed by atoms with van der Waals surface area (Å²) in [4.78, 5) is 15.9. The minimum atomic E-state index is -0.943. The van der Waals surface area contributed by atoms with E-state index in [1.54, 1.807) is 12.1 Å². The first-order valence-corrected chi connectivity index (χ1v) is 6.78. The highest BCUT2D eigenvalue weighted by Gasteiger charge is 2.18. The third-order valence-corrected chi connectivity index (χ3v) is 3.35. The molecule has 4 heteroatoms. The van der Waals surface area contributed by atoms with Crippen LogP contribution in [0, 0.1) is 6.92 Å². The molecule has 0 spiro atoms. The SMILES string of the molecule is Cc1cc(C(=O)O)c(C(C)C)nc1-c1cccc(Cl)c1. The maximum Gasteiger partial charge on any atom is 0.337 e. The molecule has 2 rings (SSSR count). The molecule has 104 valence electrons. The van der Waals surface area contributed by atoms with Gasteiger partial charge < -0.3 is 5.11 Å². The molecule has 0 atom stereocenters. The predicted molar refractivity (Wildman–Crippen MR) is 80.5 cm³/mol. The van der Waals surface area contributed by atoms with Crippen LogP contribution in [0.5, 0.6) is 0 Å². The van der Waals surface area contributed by atoms with Crippen LogP contribution in [0.25, 0.3) is 11.3 Å². The average molecular weight is 290 g/mol. The number of hydrogen-bond acceptors (Lipinski definition) is 2. The number of rotatable bonds is 3. The van der Waals surface area contributed by atoms with Gasteiger partial charge in [-0.15, -0.1) is 0 Å². The van der Waals surface area contributed by atoms with E-state index in [0.717, 1.165) is 16.8 Å². The summed E-state index contributed by atoms with van der Waals surface area (Å²) in [5.74, 6) is -0.901. The van der Waals surface area contributed by atoms with E-state index < -0.39 is 5.97 Å². The second-order valence-corrected chi connectivity index (χ2v) is 5.49. The van der Waals surface area contributed by atoms with Crippen LogP contribution in [-0.4, -0.2) is 16.1 Å². The Kier molecular flexibility index (Phi) is 4.09. The standard InChI is InChI=1S/C16H16ClNO2/c1-9(2)14-13(16(19)20)7-10(3)15(18-14)11-5-4-6-12(17)8-11/h4-9H,1-3H3,(H,19,20). The first kappa shape index (κ1) is 14.5. The second kappa shape index (κ2) is 5.63. The van der Waals surface area contributed by atoms with Crippen LogP contribution in [0.3, 0.4) is 0 Å². The normalized spacial score (nSPS) is 10.8. The summed E-state index contributed by atoms with van der Waals surface area (Å²) in [6.45, 7) is 5.73. The number of hydrogen-bond donors (Lipinski definition) is 1. The molecule has 0 aliphatic carbocycles. The molecule has 0 radical (unpaired) electrons. The number of carboxylic acids is 1. The lowest BCUT2D eigenvalue weighted by atomic mass is 9.98. The van der Waals surface area contributed by atoms with Gasteiger partial charge in [0.2, 0.25) is 0 Å². The van der Waals surface area contributed by atoms with Gasteiger partial charge in [-0.2, -0.15) is 0 Å². The number of nitrogens with zero attached hydrogens (tertiary/aromatic N) is 1. The lowest BCUT2D eigenvalue weighted by Gasteiger charge is -2.14. The van der Waals surface area contributed by atoms with E-state index in [0.29, 0.717) is 10.7 Å². The van der Waals surface area contributed by atoms with Crippen molar-refractivity contribution >= 4 is 17.6 Å². The maximum atomic E-state index is 11.3. The third-order valence-electron chi connectivity index (χ3n) is 3.12. The van der Waals surface area contributed by atoms with Crippen LogP contribution in [0.4, 0.5) is 0 Å². The van der Waals surface area contributed by atoms with Gasteiger partial charge in [0.15, 0.2) is 0 Å². The molecule has 1 aromatic carbocycles. The summed E-state index contributed by atoms with van der Waals surface area (Å²) in [7, 11) is 0. The summed E-state index contributed by atoms with van der Waals surface area (Å²) in [5.41, 5.74) is 3.37. The molecule has 1 aromatic heterocycles. The van der Waals surface area contributed by atoms with Crippen LogP contribution in [0.15, 0.2) is 30.3 Å². The van der Waals surface area contributed by atoms with Gasteiger partial charge in [-0.25, -0.2) is 4.79 Å². The van der Waals surface area contributed by atoms with E-state index in [2.05, 4.69) is 4.98 Å². The van der Waals surface area contributed by atoms with Gasteiger partial charge >= 0.3 is 5.97 Å². The van der Waals surface area contributed by atoms with Crippen molar-refractivity contribution in [2.45, 2.75) is 26.7 Å². The summed E-state index contributed by atoms with van der Waals surface area (Å²) in [6.07, 6.45) is 0. The van der Waals surface area contributed by atoms with Crippen LogP contribution in [0.2, 0.25) is 5.02 Å². The number of benzene rings is 1. The van der Waals surface area contributed by atoms with E-state index >= 15 is 0 Å². The van der Waals surface area contributed by atoms with Gasteiger partial charge in [0.25, 0.3) is 0 Å². The van der Waals surface area contributed by atoms with Crippen LogP contribution in [-0.2, 0) is 0 Å². The zero-order valence-electron chi connectivity index (χ0n) is 11.6. The van der Waals surface area contributed by atoms with E-state index in [-0.39, 0.29) is 11.5 Å². The van der Waals surface area contributed by atoms with Gasteiger partial charge in [-0.05, 0) is 36.6 Å². The van der Waals surface area contributed by atoms with Crippen molar-refractivity contribution in [2.24, 2.45) is 0 Å². The highest BCUT2D eigenvalue weighted by atomic mass is 35.5. The fraction of sp³-hybridized carbons (Fsp3) is 0.250. The predicted octanol–water partition coefficient (Wildman–Crippen LogP) is 4.53. The number of aromatic carboxylic acids is 1. The molecule has 0 aliphatic heterocycles. The third kappa shape index (κ3) is 2.83. The Morgan fingerprint density at radius 1 is 1.30 bits per heavy atom. The number of aryl methyl sites for hydroxylation is 1. The molecule has 0 unspecified atom stereocenters. The Morgan fingerprint density at radius 2 is 2.00 bits per heavy atom. The van der Waals surface area contributed by atoms with Crippen molar-refractivity contribution in [2.75, 3.05) is 0 Å². The average Bonchev–Trinajstić information content (AvgIpc) is 2.37. The molecule has 0 aliphatic rings. The molecular weight excluding hydrogens is 274 g/mol. The van der Waals surface area contributed by atoms with Crippen molar-refractivity contribution in [3.63, 3.8) is 0 Å². The molecule has 0 bridgehead atoms. The van der Waals surface area contributed by atoms with Gasteiger partial charge in [0.1, 0.15) is 0 Å². The number of aromatic nitrogens is 1. The summed E-state index contributed by atoms with van der Waals surface area (Å²) in [5, 5.41) is 9.92. The molecule has 0 fully saturated rings. The van der Waals surface area contributed by atoms with E-state index in [1.807, 2.05) is 39.0 Å². The zero-order chi connectivity index (χ0) is 14.9. The highest BCUT2D eigenvalue weighted by Crippen LogP contribution is 2.28. The Morgan fingerprint density at radius 3 is 2.55 bits per heavy atom. The number of carbonyl (C=O) groups is 1. The zero-order valence-corrected chi connectivity index (χ0v) is 12.4. The van der Waals surface area contributed by atoms with Gasteiger partial charge in [-0.3, -0.25) is 4.98 Å². The minimum absolute atomic E-state index is 0.0413. The van der Waals surface area contributed by atoms with Crippen LogP contribution >= 0.6 is 11.6 Å². The fourth-order valence-electron chi connectivity index (χ4n) is 2.17. The number of halogens is 1. The van der Waals surface area contributed by atoms with Crippen molar-refractivity contribution < 1.29 is 9.90 Å². The molecule has 20 heavy (non-hydrogen) atoms. The first-order chi connectivity index (χ1) is 9.40. The molecule has 3 nitrogen and oxygen atoms in total. The summed E-state index contributed by atoms with van der Waals surface area (Å²) in [6, 6.07) is 9.10. The minimum Gasteiger partial charge on any atom is -0.478 e. The molecule has 1 heterocycles. The Balaban J connectivity index is 2.66. The smallest absolute Gasteiger partial charge is 0.337 e. The topological polar surface area (TPSA) is 50.2 Å². The Labute approximate surface area is 123 Å². The van der Waals surface area contributed by atoms with Crippen molar-refractivity contribution in [1.82, 2.24) is 4.98 Å². The van der Waals surface area contributed by atoms with Crippen LogP contribution in [0.1, 0.15) is 41.4 Å². The first-order valence-electron chi connectivity index (χ1n) is 6.41. The maximum absolute atomic E-state index is 11.3. The largest absolute Gasteiger partial charge is 0.478 e. The molecular formula is C16H16ClNO2. The number of carboxylic acid groups (broad SMARTS) is 1. The van der Waals surface area contributed by atoms with Gasteiger partial charge in [0, 0.05) is 10.6 Å². The van der Waals surface area contributed by atoms with Crippen molar-refractivity contribution in [3.05, 3.63) is 52.2 Å². The number of pyridine rings is 1. The van der Waals surface area contributed by atoms with E-state index in [1.165, 1.54) is 0 Å². The van der Waals surface area contributed by atoms with E-state index in [4.69, 9.17) is 11.6 Å². The highest BCUT2D eigenvalue weighted by molar-refractivity contribution is 6.30. The monoisotopic (exact) mass is 289 g/mol. The summed E-state index contributed by atoms with van der Waals surface area (Å²) >= 11 is 6.01. The van der Waals surface area contributed by atoms with Gasteiger partial charge in [-0.1, -0.05) is 37.6 Å². The molecule has 0 saturated carbocycles. The van der Waals surface area contributed by atoms with Crippen molar-refractivity contribution in [3.8, 4) is 11.3 Å². The fourth-order valence-corrected chi connectivity index (χ4v) is 2.36. The Bertz CT molecular complexity index is 666. The Hall–Kier alpha value is -1.87. The second-order valence-electron chi connectivity index (χ2n) is 5.06. The van der Waals surface area contributed by atoms with E-state index in [9.17, 15) is 9.90 Å². The molecule has 0 saturated heterocycles. The summed E-state index contributed by atoms with van der Waals surface area (Å²) < 4.78 is 0. The van der Waals surface area contributed by atoms with Gasteiger partial charge in [0.05, 0.1) is 17.0 Å². The molecule has 2 aromatic rings. The molecule has 0 amide bonds. The lowest BCUT2D eigenvalue weighted by molar-refractivity contribution is 0.0694. The van der Waals surface area contributed by atoms with Crippen LogP contribution < -0.4 is 0 Å². The molecule has 1 N–H and O–H groups in total. The quantitative estimate of drug-likeness (QED) is 0.903.